The van der Waals surface area contributed by atoms with E-state index < -0.39 is 11.9 Å². The maximum absolute atomic E-state index is 12.5. The normalized spacial score (nSPS) is 10.8. The second kappa shape index (κ2) is 8.06. The molecule has 0 atom stereocenters. The Labute approximate surface area is 175 Å². The standard InChI is InChI=1S/C21H15ClN2O4S/c1-2-27-20(26)13-6-7-15-18(11-13)29-21(23-15)24-19(25)17-9-8-16(28-17)12-4-3-5-14(22)10-12/h3-11H,2H2,1H3,(H,23,24,25). The molecular weight excluding hydrogens is 412 g/mol. The zero-order valence-electron chi connectivity index (χ0n) is 15.3. The first-order chi connectivity index (χ1) is 14.0. The molecule has 2 aromatic heterocycles. The minimum Gasteiger partial charge on any atom is -0.462 e. The Kier molecular flexibility index (Phi) is 5.33. The van der Waals surface area contributed by atoms with Crippen LogP contribution < -0.4 is 5.32 Å². The summed E-state index contributed by atoms with van der Waals surface area (Å²) in [4.78, 5) is 28.8. The summed E-state index contributed by atoms with van der Waals surface area (Å²) in [7, 11) is 0. The molecule has 6 nitrogen and oxygen atoms in total. The van der Waals surface area contributed by atoms with Gasteiger partial charge in [-0.2, -0.15) is 0 Å². The van der Waals surface area contributed by atoms with Crippen LogP contribution in [0.1, 0.15) is 27.8 Å². The number of nitrogens with one attached hydrogen (secondary N) is 1. The highest BCUT2D eigenvalue weighted by Gasteiger charge is 2.16. The summed E-state index contributed by atoms with van der Waals surface area (Å²) in [5, 5.41) is 3.72. The fraction of sp³-hybridized carbons (Fsp3) is 0.0952. The van der Waals surface area contributed by atoms with E-state index in [-0.39, 0.29) is 5.76 Å². The molecule has 0 spiro atoms. The van der Waals surface area contributed by atoms with E-state index in [1.54, 1.807) is 49.4 Å². The van der Waals surface area contributed by atoms with Crippen LogP contribution in [0.2, 0.25) is 5.02 Å². The van der Waals surface area contributed by atoms with Gasteiger partial charge in [-0.05, 0) is 49.4 Å². The van der Waals surface area contributed by atoms with E-state index in [4.69, 9.17) is 20.8 Å². The molecule has 0 aliphatic rings. The number of amides is 1. The van der Waals surface area contributed by atoms with Gasteiger partial charge in [0.25, 0.3) is 5.91 Å². The summed E-state index contributed by atoms with van der Waals surface area (Å²) in [5.74, 6) is -0.104. The zero-order valence-corrected chi connectivity index (χ0v) is 16.8. The topological polar surface area (TPSA) is 81.4 Å². The van der Waals surface area contributed by atoms with E-state index in [0.29, 0.717) is 33.6 Å². The third-order valence-electron chi connectivity index (χ3n) is 4.06. The molecule has 0 saturated carbocycles. The predicted molar refractivity (Wildman–Crippen MR) is 113 cm³/mol. The quantitative estimate of drug-likeness (QED) is 0.418. The number of carbonyl (C=O) groups excluding carboxylic acids is 2. The Morgan fingerprint density at radius 2 is 2.03 bits per heavy atom. The summed E-state index contributed by atoms with van der Waals surface area (Å²) < 4.78 is 11.4. The molecule has 0 radical (unpaired) electrons. The van der Waals surface area contributed by atoms with Gasteiger partial charge in [0.15, 0.2) is 10.9 Å². The summed E-state index contributed by atoms with van der Waals surface area (Å²) in [6.45, 7) is 2.06. The number of nitrogens with zero attached hydrogens (tertiary/aromatic N) is 1. The molecule has 4 rings (SSSR count). The third-order valence-corrected chi connectivity index (χ3v) is 5.23. The van der Waals surface area contributed by atoms with Gasteiger partial charge in [-0.1, -0.05) is 35.1 Å². The van der Waals surface area contributed by atoms with Crippen LogP contribution in [-0.2, 0) is 4.74 Å². The van der Waals surface area contributed by atoms with Crippen molar-refractivity contribution >= 4 is 50.2 Å². The molecule has 1 amide bonds. The molecule has 4 aromatic rings. The summed E-state index contributed by atoms with van der Waals surface area (Å²) in [6.07, 6.45) is 0. The molecular formula is C21H15ClN2O4S. The molecule has 0 aliphatic heterocycles. The summed E-state index contributed by atoms with van der Waals surface area (Å²) in [5.41, 5.74) is 1.90. The lowest BCUT2D eigenvalue weighted by Crippen LogP contribution is -2.10. The van der Waals surface area contributed by atoms with Gasteiger partial charge in [0.2, 0.25) is 0 Å². The Bertz CT molecular complexity index is 1210. The maximum atomic E-state index is 12.5. The van der Waals surface area contributed by atoms with E-state index in [1.807, 2.05) is 12.1 Å². The number of rotatable bonds is 5. The number of fused-ring (bicyclic) bond motifs is 1. The second-order valence-corrected chi connectivity index (χ2v) is 7.52. The van der Waals surface area contributed by atoms with Crippen LogP contribution >= 0.6 is 22.9 Å². The number of furan rings is 1. The molecule has 146 valence electrons. The highest BCUT2D eigenvalue weighted by atomic mass is 35.5. The molecule has 0 aliphatic carbocycles. The number of esters is 1. The Morgan fingerprint density at radius 1 is 1.17 bits per heavy atom. The highest BCUT2D eigenvalue weighted by Crippen LogP contribution is 2.29. The molecule has 0 bridgehead atoms. The van der Waals surface area contributed by atoms with Gasteiger partial charge in [0, 0.05) is 10.6 Å². The first kappa shape index (κ1) is 19.2. The molecule has 2 heterocycles. The van der Waals surface area contributed by atoms with Gasteiger partial charge in [-0.25, -0.2) is 9.78 Å². The Balaban J connectivity index is 1.52. The largest absolute Gasteiger partial charge is 0.462 e. The SMILES string of the molecule is CCOC(=O)c1ccc2nc(NC(=O)c3ccc(-c4cccc(Cl)c4)o3)sc2c1. The zero-order chi connectivity index (χ0) is 20.4. The lowest BCUT2D eigenvalue weighted by atomic mass is 10.2. The first-order valence-electron chi connectivity index (χ1n) is 8.78. The van der Waals surface area contributed by atoms with Gasteiger partial charge in [-0.3, -0.25) is 10.1 Å². The van der Waals surface area contributed by atoms with Crippen molar-refractivity contribution in [1.29, 1.82) is 0 Å². The van der Waals surface area contributed by atoms with Crippen LogP contribution in [0.25, 0.3) is 21.5 Å². The van der Waals surface area contributed by atoms with Crippen molar-refractivity contribution in [2.24, 2.45) is 0 Å². The number of hydrogen-bond acceptors (Lipinski definition) is 6. The van der Waals surface area contributed by atoms with Crippen molar-refractivity contribution in [1.82, 2.24) is 4.98 Å². The number of hydrogen-bond donors (Lipinski definition) is 1. The summed E-state index contributed by atoms with van der Waals surface area (Å²) >= 11 is 7.27. The Hall–Kier alpha value is -3.16. The van der Waals surface area contributed by atoms with Gasteiger partial charge in [0.05, 0.1) is 22.4 Å². The number of benzene rings is 2. The summed E-state index contributed by atoms with van der Waals surface area (Å²) in [6, 6.07) is 15.6. The van der Waals surface area contributed by atoms with E-state index in [9.17, 15) is 9.59 Å². The van der Waals surface area contributed by atoms with Crippen molar-refractivity contribution in [2.75, 3.05) is 11.9 Å². The van der Waals surface area contributed by atoms with E-state index in [1.165, 1.54) is 11.3 Å². The molecule has 1 N–H and O–H groups in total. The lowest BCUT2D eigenvalue weighted by Gasteiger charge is -2.00. The lowest BCUT2D eigenvalue weighted by molar-refractivity contribution is 0.0526. The van der Waals surface area contributed by atoms with Crippen LogP contribution in [0.15, 0.2) is 59.0 Å². The van der Waals surface area contributed by atoms with Crippen LogP contribution in [0.3, 0.4) is 0 Å². The average molecular weight is 427 g/mol. The average Bonchev–Trinajstić information content (AvgIpc) is 3.34. The fourth-order valence-corrected chi connectivity index (χ4v) is 3.83. The monoisotopic (exact) mass is 426 g/mol. The predicted octanol–water partition coefficient (Wildman–Crippen LogP) is 5.64. The molecule has 0 fully saturated rings. The second-order valence-electron chi connectivity index (χ2n) is 6.05. The number of halogens is 1. The van der Waals surface area contributed by atoms with Gasteiger partial charge in [-0.15, -0.1) is 0 Å². The van der Waals surface area contributed by atoms with Gasteiger partial charge >= 0.3 is 5.97 Å². The molecule has 2 aromatic carbocycles. The van der Waals surface area contributed by atoms with Crippen LogP contribution in [0, 0.1) is 0 Å². The molecule has 0 saturated heterocycles. The number of carbonyl (C=O) groups is 2. The van der Waals surface area contributed by atoms with Crippen molar-refractivity contribution in [3.63, 3.8) is 0 Å². The van der Waals surface area contributed by atoms with E-state index in [2.05, 4.69) is 10.3 Å². The molecule has 8 heteroatoms. The van der Waals surface area contributed by atoms with Gasteiger partial charge < -0.3 is 9.15 Å². The van der Waals surface area contributed by atoms with Gasteiger partial charge in [0.1, 0.15) is 5.76 Å². The number of aromatic nitrogens is 1. The minimum atomic E-state index is -0.414. The van der Waals surface area contributed by atoms with Crippen molar-refractivity contribution in [3.05, 3.63) is 70.9 Å². The van der Waals surface area contributed by atoms with E-state index in [0.717, 1.165) is 10.3 Å². The number of anilines is 1. The molecule has 0 unspecified atom stereocenters. The van der Waals surface area contributed by atoms with Crippen LogP contribution in [-0.4, -0.2) is 23.5 Å². The highest BCUT2D eigenvalue weighted by molar-refractivity contribution is 7.22. The first-order valence-corrected chi connectivity index (χ1v) is 9.98. The number of ether oxygens (including phenoxy) is 1. The van der Waals surface area contributed by atoms with Crippen molar-refractivity contribution in [3.8, 4) is 11.3 Å². The number of thiazole rings is 1. The smallest absolute Gasteiger partial charge is 0.338 e. The van der Waals surface area contributed by atoms with Crippen LogP contribution in [0.5, 0.6) is 0 Å². The molecule has 29 heavy (non-hydrogen) atoms. The fourth-order valence-electron chi connectivity index (χ4n) is 2.74. The van der Waals surface area contributed by atoms with Crippen LogP contribution in [0.4, 0.5) is 5.13 Å². The van der Waals surface area contributed by atoms with Crippen molar-refractivity contribution < 1.29 is 18.7 Å². The van der Waals surface area contributed by atoms with E-state index >= 15 is 0 Å². The maximum Gasteiger partial charge on any atom is 0.338 e. The van der Waals surface area contributed by atoms with Crippen molar-refractivity contribution in [2.45, 2.75) is 6.92 Å². The third kappa shape index (κ3) is 4.16. The Morgan fingerprint density at radius 3 is 2.83 bits per heavy atom. The minimum absolute atomic E-state index is 0.159.